The average Bonchev–Trinajstić information content (AvgIpc) is 2.99. The molecule has 2 aliphatic rings. The van der Waals surface area contributed by atoms with E-state index < -0.39 is 0 Å². The van der Waals surface area contributed by atoms with E-state index in [2.05, 4.69) is 34.6 Å². The van der Waals surface area contributed by atoms with E-state index in [9.17, 15) is 0 Å². The van der Waals surface area contributed by atoms with Gasteiger partial charge in [0.15, 0.2) is 4.47 Å². The maximum Gasteiger partial charge on any atom is 0.183 e. The van der Waals surface area contributed by atoms with Crippen molar-refractivity contribution in [2.75, 3.05) is 0 Å². The summed E-state index contributed by atoms with van der Waals surface area (Å²) < 4.78 is 0.642. The molecule has 0 spiro atoms. The molecule has 1 aromatic carbocycles. The smallest absolute Gasteiger partial charge is 0.183 e. The predicted molar refractivity (Wildman–Crippen MR) is 87.8 cm³/mol. The third-order valence-corrected chi connectivity index (χ3v) is 6.16. The lowest BCUT2D eigenvalue weighted by atomic mass is 9.94. The molecule has 0 amide bonds. The third kappa shape index (κ3) is 2.75. The Labute approximate surface area is 134 Å². The molecule has 1 N–H and O–H groups in total. The second-order valence-corrected chi connectivity index (χ2v) is 7.96. The van der Waals surface area contributed by atoms with E-state index in [4.69, 9.17) is 11.6 Å². The number of fused-ring (bicyclic) bond motifs is 3. The van der Waals surface area contributed by atoms with Gasteiger partial charge in [-0.05, 0) is 48.6 Å². The molecular formula is C17H19ClN2S. The number of nitrogens with one attached hydrogen (secondary N) is 1. The zero-order valence-corrected chi connectivity index (χ0v) is 13.5. The van der Waals surface area contributed by atoms with Gasteiger partial charge in [-0.25, -0.2) is 4.98 Å². The van der Waals surface area contributed by atoms with Gasteiger partial charge in [-0.15, -0.1) is 11.3 Å². The Morgan fingerprint density at radius 2 is 1.81 bits per heavy atom. The summed E-state index contributed by atoms with van der Waals surface area (Å²) in [7, 11) is 0. The molecule has 2 aliphatic carbocycles. The van der Waals surface area contributed by atoms with Crippen molar-refractivity contribution in [3.8, 4) is 0 Å². The Morgan fingerprint density at radius 1 is 1.14 bits per heavy atom. The maximum atomic E-state index is 5.92. The highest BCUT2D eigenvalue weighted by molar-refractivity contribution is 7.15. The fraction of sp³-hybridized carbons (Fsp3) is 0.471. The van der Waals surface area contributed by atoms with Crippen LogP contribution in [0.15, 0.2) is 30.5 Å². The van der Waals surface area contributed by atoms with Crippen LogP contribution in [0.3, 0.4) is 0 Å². The molecule has 0 saturated heterocycles. The molecule has 110 valence electrons. The highest BCUT2D eigenvalue weighted by atomic mass is 35.5. The minimum absolute atomic E-state index is 0.637. The van der Waals surface area contributed by atoms with Gasteiger partial charge in [0, 0.05) is 23.7 Å². The molecule has 0 radical (unpaired) electrons. The fourth-order valence-corrected chi connectivity index (χ4v) is 5.00. The molecule has 2 aromatic rings. The topological polar surface area (TPSA) is 24.9 Å². The largest absolute Gasteiger partial charge is 0.308 e. The number of nitrogens with zero attached hydrogens (tertiary/aromatic N) is 1. The van der Waals surface area contributed by atoms with Gasteiger partial charge in [-0.2, -0.15) is 0 Å². The molecule has 2 bridgehead atoms. The summed E-state index contributed by atoms with van der Waals surface area (Å²) in [6.07, 6.45) is 7.08. The van der Waals surface area contributed by atoms with Crippen molar-refractivity contribution < 1.29 is 0 Å². The molecule has 1 heterocycles. The van der Waals surface area contributed by atoms with Gasteiger partial charge in [0.05, 0.1) is 0 Å². The van der Waals surface area contributed by atoms with E-state index in [0.29, 0.717) is 10.5 Å². The first kappa shape index (κ1) is 13.7. The van der Waals surface area contributed by atoms with E-state index in [0.717, 1.165) is 18.4 Å². The number of hydrogen-bond acceptors (Lipinski definition) is 3. The minimum Gasteiger partial charge on any atom is -0.308 e. The SMILES string of the molecule is Clc1ncc(CNC2C3CCC2Cc2ccccc2C3)s1. The van der Waals surface area contributed by atoms with Crippen molar-refractivity contribution in [1.82, 2.24) is 10.3 Å². The average molecular weight is 319 g/mol. The molecule has 2 nitrogen and oxygen atoms in total. The van der Waals surface area contributed by atoms with E-state index in [1.165, 1.54) is 30.6 Å². The molecule has 0 aliphatic heterocycles. The van der Waals surface area contributed by atoms with Crippen molar-refractivity contribution >= 4 is 22.9 Å². The Bertz CT molecular complexity index is 606. The summed E-state index contributed by atoms with van der Waals surface area (Å²) in [5.74, 6) is 1.56. The van der Waals surface area contributed by atoms with Crippen LogP contribution >= 0.6 is 22.9 Å². The highest BCUT2D eigenvalue weighted by Crippen LogP contribution is 2.40. The van der Waals surface area contributed by atoms with Crippen molar-refractivity contribution in [2.45, 2.75) is 38.3 Å². The molecule has 2 unspecified atom stereocenters. The molecule has 2 atom stereocenters. The van der Waals surface area contributed by atoms with Crippen LogP contribution in [0.1, 0.15) is 28.8 Å². The lowest BCUT2D eigenvalue weighted by Gasteiger charge is -2.23. The summed E-state index contributed by atoms with van der Waals surface area (Å²) >= 11 is 7.50. The van der Waals surface area contributed by atoms with Crippen molar-refractivity contribution in [3.63, 3.8) is 0 Å². The number of aromatic nitrogens is 1. The molecular weight excluding hydrogens is 300 g/mol. The number of thiazole rings is 1. The Balaban J connectivity index is 1.50. The molecule has 4 heteroatoms. The summed E-state index contributed by atoms with van der Waals surface area (Å²) in [4.78, 5) is 5.37. The van der Waals surface area contributed by atoms with Gasteiger partial charge in [0.1, 0.15) is 0 Å². The number of rotatable bonds is 3. The van der Waals surface area contributed by atoms with Crippen molar-refractivity contribution in [3.05, 3.63) is 50.9 Å². The van der Waals surface area contributed by atoms with E-state index in [-0.39, 0.29) is 0 Å². The van der Waals surface area contributed by atoms with Crippen LogP contribution in [0, 0.1) is 11.8 Å². The Kier molecular flexibility index (Phi) is 3.74. The normalized spacial score (nSPS) is 27.4. The van der Waals surface area contributed by atoms with Gasteiger partial charge in [-0.1, -0.05) is 35.9 Å². The first-order valence-corrected chi connectivity index (χ1v) is 8.89. The maximum absolute atomic E-state index is 5.92. The molecule has 4 rings (SSSR count). The Hall–Kier alpha value is -0.900. The summed E-state index contributed by atoms with van der Waals surface area (Å²) in [5, 5.41) is 3.80. The van der Waals surface area contributed by atoms with E-state index >= 15 is 0 Å². The molecule has 1 fully saturated rings. The summed E-state index contributed by atoms with van der Waals surface area (Å²) in [5.41, 5.74) is 3.13. The van der Waals surface area contributed by atoms with Gasteiger partial charge < -0.3 is 5.32 Å². The van der Waals surface area contributed by atoms with Crippen LogP contribution in [0.4, 0.5) is 0 Å². The van der Waals surface area contributed by atoms with Crippen LogP contribution in [-0.2, 0) is 19.4 Å². The standard InChI is InChI=1S/C17H19ClN2S/c18-17-20-10-15(21-17)9-19-16-13-5-6-14(16)8-12-4-2-1-3-11(12)7-13/h1-4,10,13-14,16,19H,5-9H2. The Morgan fingerprint density at radius 3 is 2.38 bits per heavy atom. The first-order valence-electron chi connectivity index (χ1n) is 7.70. The monoisotopic (exact) mass is 318 g/mol. The minimum atomic E-state index is 0.637. The lowest BCUT2D eigenvalue weighted by molar-refractivity contribution is 0.341. The van der Waals surface area contributed by atoms with E-state index in [1.807, 2.05) is 6.20 Å². The van der Waals surface area contributed by atoms with Crippen LogP contribution in [0.5, 0.6) is 0 Å². The number of benzene rings is 1. The molecule has 1 saturated carbocycles. The first-order chi connectivity index (χ1) is 10.3. The lowest BCUT2D eigenvalue weighted by Crippen LogP contribution is -2.37. The zero-order valence-electron chi connectivity index (χ0n) is 11.9. The fourth-order valence-electron chi connectivity index (χ4n) is 4.07. The van der Waals surface area contributed by atoms with Crippen LogP contribution in [0.25, 0.3) is 0 Å². The summed E-state index contributed by atoms with van der Waals surface area (Å²) in [6.45, 7) is 0.901. The highest BCUT2D eigenvalue weighted by Gasteiger charge is 2.38. The molecule has 1 aromatic heterocycles. The summed E-state index contributed by atoms with van der Waals surface area (Å²) in [6, 6.07) is 9.63. The second kappa shape index (κ2) is 5.71. The zero-order chi connectivity index (χ0) is 14.2. The number of halogens is 1. The van der Waals surface area contributed by atoms with Gasteiger partial charge in [0.25, 0.3) is 0 Å². The van der Waals surface area contributed by atoms with Crippen LogP contribution in [0.2, 0.25) is 4.47 Å². The van der Waals surface area contributed by atoms with Gasteiger partial charge >= 0.3 is 0 Å². The quantitative estimate of drug-likeness (QED) is 0.922. The third-order valence-electron chi connectivity index (χ3n) is 5.04. The van der Waals surface area contributed by atoms with E-state index in [1.54, 1.807) is 22.5 Å². The van der Waals surface area contributed by atoms with Crippen molar-refractivity contribution in [1.29, 1.82) is 0 Å². The van der Waals surface area contributed by atoms with Crippen molar-refractivity contribution in [2.24, 2.45) is 11.8 Å². The predicted octanol–water partition coefficient (Wildman–Crippen LogP) is 4.08. The van der Waals surface area contributed by atoms with Gasteiger partial charge in [-0.3, -0.25) is 0 Å². The molecule has 21 heavy (non-hydrogen) atoms. The van der Waals surface area contributed by atoms with Crippen LogP contribution in [-0.4, -0.2) is 11.0 Å². The van der Waals surface area contributed by atoms with Gasteiger partial charge in [0.2, 0.25) is 0 Å². The number of hydrogen-bond donors (Lipinski definition) is 1. The second-order valence-electron chi connectivity index (χ2n) is 6.26. The van der Waals surface area contributed by atoms with Crippen LogP contribution < -0.4 is 5.32 Å².